The van der Waals surface area contributed by atoms with Crippen molar-refractivity contribution in [3.8, 4) is 0 Å². The van der Waals surface area contributed by atoms with E-state index in [2.05, 4.69) is 20.8 Å². The summed E-state index contributed by atoms with van der Waals surface area (Å²) in [7, 11) is 0. The first-order valence-electron chi connectivity index (χ1n) is 27.5. The van der Waals surface area contributed by atoms with E-state index < -0.39 is 6.10 Å². The molecule has 0 aliphatic heterocycles. The summed E-state index contributed by atoms with van der Waals surface area (Å²) in [5.74, 6) is -0.842. The summed E-state index contributed by atoms with van der Waals surface area (Å²) in [4.78, 5) is 37.9. The third-order valence-corrected chi connectivity index (χ3v) is 12.6. The van der Waals surface area contributed by atoms with Crippen LogP contribution in [0.3, 0.4) is 0 Å². The average Bonchev–Trinajstić information content (AvgIpc) is 3.26. The number of carbonyl (C=O) groups is 3. The molecule has 0 spiro atoms. The van der Waals surface area contributed by atoms with Crippen LogP contribution in [0.1, 0.15) is 316 Å². The van der Waals surface area contributed by atoms with Crippen molar-refractivity contribution in [2.45, 2.75) is 322 Å². The molecule has 0 fully saturated rings. The van der Waals surface area contributed by atoms with Crippen LogP contribution in [-0.4, -0.2) is 37.2 Å². The van der Waals surface area contributed by atoms with Crippen molar-refractivity contribution in [1.82, 2.24) is 0 Å². The summed E-state index contributed by atoms with van der Waals surface area (Å²) >= 11 is 0. The molecule has 6 heteroatoms. The van der Waals surface area contributed by atoms with Gasteiger partial charge in [0.2, 0.25) is 0 Å². The lowest BCUT2D eigenvalue weighted by Crippen LogP contribution is -2.30. The Morgan fingerprint density at radius 1 is 0.262 bits per heavy atom. The van der Waals surface area contributed by atoms with Gasteiger partial charge in [-0.05, 0) is 19.3 Å². The molecule has 362 valence electrons. The Hall–Kier alpha value is -1.59. The van der Waals surface area contributed by atoms with Crippen molar-refractivity contribution in [2.24, 2.45) is 0 Å². The third-order valence-electron chi connectivity index (χ3n) is 12.6. The molecular weight excluding hydrogens is 757 g/mol. The molecule has 0 aromatic rings. The van der Waals surface area contributed by atoms with Gasteiger partial charge in [-0.2, -0.15) is 0 Å². The number of ether oxygens (including phenoxy) is 3. The smallest absolute Gasteiger partial charge is 0.306 e. The van der Waals surface area contributed by atoms with Crippen LogP contribution in [-0.2, 0) is 28.6 Å². The number of carbonyl (C=O) groups excluding carboxylic acids is 3. The second kappa shape index (κ2) is 51.0. The molecule has 0 saturated carbocycles. The fourth-order valence-electron chi connectivity index (χ4n) is 8.45. The molecule has 0 radical (unpaired) electrons. The molecule has 0 heterocycles. The van der Waals surface area contributed by atoms with E-state index in [4.69, 9.17) is 14.2 Å². The van der Waals surface area contributed by atoms with Gasteiger partial charge in [0, 0.05) is 19.3 Å². The number of hydrogen-bond donors (Lipinski definition) is 0. The van der Waals surface area contributed by atoms with Crippen LogP contribution in [0.4, 0.5) is 0 Å². The summed E-state index contributed by atoms with van der Waals surface area (Å²) in [5.41, 5.74) is 0. The van der Waals surface area contributed by atoms with E-state index in [9.17, 15) is 14.4 Å². The summed E-state index contributed by atoms with van der Waals surface area (Å²) < 4.78 is 16.8. The highest BCUT2D eigenvalue weighted by Gasteiger charge is 2.19. The van der Waals surface area contributed by atoms with Crippen LogP contribution in [0.2, 0.25) is 0 Å². The Morgan fingerprint density at radius 2 is 0.443 bits per heavy atom. The molecule has 0 aromatic heterocycles. The number of rotatable bonds is 51. The molecule has 0 aliphatic carbocycles. The minimum absolute atomic E-state index is 0.0618. The van der Waals surface area contributed by atoms with Crippen molar-refractivity contribution < 1.29 is 28.6 Å². The predicted molar refractivity (Wildman–Crippen MR) is 261 cm³/mol. The summed E-state index contributed by atoms with van der Waals surface area (Å²) in [6.07, 6.45) is 55.3. The van der Waals surface area contributed by atoms with Gasteiger partial charge in [0.15, 0.2) is 6.10 Å². The highest BCUT2D eigenvalue weighted by molar-refractivity contribution is 5.71. The second-order valence-electron chi connectivity index (χ2n) is 18.9. The topological polar surface area (TPSA) is 78.9 Å². The first-order valence-corrected chi connectivity index (χ1v) is 27.5. The van der Waals surface area contributed by atoms with E-state index in [1.54, 1.807) is 0 Å². The molecule has 1 atom stereocenters. The lowest BCUT2D eigenvalue weighted by atomic mass is 10.0. The molecule has 0 rings (SSSR count). The molecule has 6 nitrogen and oxygen atoms in total. The first-order chi connectivity index (χ1) is 30.0. The molecular formula is C55H106O6. The fraction of sp³-hybridized carbons (Fsp3) is 0.945. The highest BCUT2D eigenvalue weighted by atomic mass is 16.6. The number of esters is 3. The largest absolute Gasteiger partial charge is 0.462 e. The van der Waals surface area contributed by atoms with Crippen molar-refractivity contribution >= 4 is 17.9 Å². The Balaban J connectivity index is 4.19. The normalized spacial score (nSPS) is 11.9. The van der Waals surface area contributed by atoms with E-state index in [0.29, 0.717) is 19.3 Å². The van der Waals surface area contributed by atoms with E-state index in [1.165, 1.54) is 218 Å². The van der Waals surface area contributed by atoms with Gasteiger partial charge < -0.3 is 14.2 Å². The average molecular weight is 863 g/mol. The first kappa shape index (κ1) is 59.4. The van der Waals surface area contributed by atoms with Crippen LogP contribution in [0, 0.1) is 0 Å². The zero-order valence-electron chi connectivity index (χ0n) is 41.5. The maximum Gasteiger partial charge on any atom is 0.306 e. The Kier molecular flexibility index (Phi) is 49.7. The highest BCUT2D eigenvalue weighted by Crippen LogP contribution is 2.17. The van der Waals surface area contributed by atoms with Gasteiger partial charge in [-0.25, -0.2) is 0 Å². The Bertz CT molecular complexity index is 905. The maximum atomic E-state index is 12.8. The summed E-state index contributed by atoms with van der Waals surface area (Å²) in [6.45, 7) is 6.67. The van der Waals surface area contributed by atoms with Gasteiger partial charge >= 0.3 is 17.9 Å². The molecule has 0 N–H and O–H groups in total. The third kappa shape index (κ3) is 49.3. The maximum absolute atomic E-state index is 12.8. The predicted octanol–water partition coefficient (Wildman–Crippen LogP) is 18.0. The van der Waals surface area contributed by atoms with E-state index in [-0.39, 0.29) is 31.1 Å². The van der Waals surface area contributed by atoms with Gasteiger partial charge in [0.1, 0.15) is 13.2 Å². The molecule has 0 saturated heterocycles. The van der Waals surface area contributed by atoms with Crippen LogP contribution < -0.4 is 0 Å². The molecule has 1 unspecified atom stereocenters. The molecule has 0 aliphatic rings. The molecule has 0 amide bonds. The van der Waals surface area contributed by atoms with Gasteiger partial charge in [0.05, 0.1) is 0 Å². The Morgan fingerprint density at radius 3 is 0.656 bits per heavy atom. The van der Waals surface area contributed by atoms with Gasteiger partial charge in [-0.1, -0.05) is 278 Å². The van der Waals surface area contributed by atoms with Crippen molar-refractivity contribution in [2.75, 3.05) is 13.2 Å². The van der Waals surface area contributed by atoms with Gasteiger partial charge in [0.25, 0.3) is 0 Å². The van der Waals surface area contributed by atoms with Crippen LogP contribution in [0.25, 0.3) is 0 Å². The molecule has 61 heavy (non-hydrogen) atoms. The van der Waals surface area contributed by atoms with Crippen LogP contribution in [0.15, 0.2) is 0 Å². The standard InChI is InChI=1S/C55H106O6/c1-4-7-10-13-16-19-21-23-25-27-29-30-32-34-36-39-42-45-48-54(57)60-51-52(50-59-53(56)47-44-41-38-18-15-12-9-6-3)61-55(58)49-46-43-40-37-35-33-31-28-26-24-22-20-17-14-11-8-5-2/h52H,4-51H2,1-3H3. The lowest BCUT2D eigenvalue weighted by molar-refractivity contribution is -0.167. The van der Waals surface area contributed by atoms with Crippen LogP contribution in [0.5, 0.6) is 0 Å². The van der Waals surface area contributed by atoms with Gasteiger partial charge in [-0.3, -0.25) is 14.4 Å². The quantitative estimate of drug-likeness (QED) is 0.0344. The fourth-order valence-corrected chi connectivity index (χ4v) is 8.45. The molecule has 0 bridgehead atoms. The minimum Gasteiger partial charge on any atom is -0.462 e. The van der Waals surface area contributed by atoms with E-state index in [1.807, 2.05) is 0 Å². The summed E-state index contributed by atoms with van der Waals surface area (Å²) in [6, 6.07) is 0. The van der Waals surface area contributed by atoms with Crippen molar-refractivity contribution in [3.63, 3.8) is 0 Å². The minimum atomic E-state index is -0.759. The Labute approximate surface area is 380 Å². The zero-order chi connectivity index (χ0) is 44.4. The van der Waals surface area contributed by atoms with Crippen molar-refractivity contribution in [1.29, 1.82) is 0 Å². The van der Waals surface area contributed by atoms with Crippen molar-refractivity contribution in [3.05, 3.63) is 0 Å². The lowest BCUT2D eigenvalue weighted by Gasteiger charge is -2.18. The monoisotopic (exact) mass is 863 g/mol. The zero-order valence-corrected chi connectivity index (χ0v) is 41.5. The van der Waals surface area contributed by atoms with Gasteiger partial charge in [-0.15, -0.1) is 0 Å². The SMILES string of the molecule is CCCCCCCCCCCCCCCCCCCCC(=O)OCC(COC(=O)CCCCCCCCCC)OC(=O)CCCCCCCCCCCCCCCCCCC. The summed E-state index contributed by atoms with van der Waals surface area (Å²) in [5, 5.41) is 0. The van der Waals surface area contributed by atoms with E-state index in [0.717, 1.165) is 57.8 Å². The second-order valence-corrected chi connectivity index (χ2v) is 18.9. The van der Waals surface area contributed by atoms with E-state index >= 15 is 0 Å². The molecule has 0 aromatic carbocycles. The van der Waals surface area contributed by atoms with Crippen LogP contribution >= 0.6 is 0 Å². The number of hydrogen-bond acceptors (Lipinski definition) is 6. The number of unbranched alkanes of at least 4 members (excludes halogenated alkanes) is 40.